The summed E-state index contributed by atoms with van der Waals surface area (Å²) < 4.78 is 81.6. The van der Waals surface area contributed by atoms with E-state index in [-0.39, 0.29) is 28.7 Å². The highest BCUT2D eigenvalue weighted by molar-refractivity contribution is 7.89. The molecular formula is C26H28F4N4O3S. The fourth-order valence-corrected chi connectivity index (χ4v) is 7.56. The molecule has 0 saturated heterocycles. The van der Waals surface area contributed by atoms with E-state index in [4.69, 9.17) is 0 Å². The standard InChI is InChI=1S/C26H28F4N4O3S/c1-33(2)23(35)21-14-31-24(32-21)25-11-17(12-25)22(13-25)34(38(36,37)20-9-7-19(27)8-10-20)15-16-3-5-18(6-4-16)26(28,29)30/h3-10,17,21-22H,11-15H2,1-2H3,(H,31,32)/t17?,21-,22-,25?/m1/s1. The van der Waals surface area contributed by atoms with E-state index >= 15 is 0 Å². The second-order valence-corrected chi connectivity index (χ2v) is 12.4. The summed E-state index contributed by atoms with van der Waals surface area (Å²) in [6, 6.07) is 8.08. The van der Waals surface area contributed by atoms with Gasteiger partial charge in [0.2, 0.25) is 15.9 Å². The van der Waals surface area contributed by atoms with Gasteiger partial charge < -0.3 is 10.2 Å². The summed E-state index contributed by atoms with van der Waals surface area (Å²) >= 11 is 0. The number of benzene rings is 2. The van der Waals surface area contributed by atoms with Crippen molar-refractivity contribution in [1.29, 1.82) is 0 Å². The number of sulfonamides is 1. The topological polar surface area (TPSA) is 82.1 Å². The largest absolute Gasteiger partial charge is 0.416 e. The van der Waals surface area contributed by atoms with Crippen LogP contribution in [0.3, 0.4) is 0 Å². The van der Waals surface area contributed by atoms with Crippen molar-refractivity contribution in [3.63, 3.8) is 0 Å². The number of hydrogen-bond donors (Lipinski definition) is 1. The normalized spacial score (nSPS) is 26.6. The Bertz CT molecular complexity index is 1350. The van der Waals surface area contributed by atoms with Gasteiger partial charge >= 0.3 is 6.18 Å². The molecule has 7 nitrogen and oxygen atoms in total. The first-order valence-electron chi connectivity index (χ1n) is 12.3. The van der Waals surface area contributed by atoms with Crippen molar-refractivity contribution in [3.8, 4) is 0 Å². The second-order valence-electron chi connectivity index (χ2n) is 10.5. The van der Waals surface area contributed by atoms with Gasteiger partial charge in [0.05, 0.1) is 17.0 Å². The third-order valence-electron chi connectivity index (χ3n) is 7.84. The number of likely N-dealkylation sites (N-methyl/N-ethyl adjacent to an activating group) is 1. The predicted octanol–water partition coefficient (Wildman–Crippen LogP) is 3.66. The van der Waals surface area contributed by atoms with Crippen LogP contribution in [0.4, 0.5) is 17.6 Å². The Morgan fingerprint density at radius 2 is 1.68 bits per heavy atom. The highest BCUT2D eigenvalue weighted by Gasteiger charge is 2.62. The SMILES string of the molecule is CN(C)C(=O)[C@H]1CN=C(C23CC(C2)[C@H](N(Cc2ccc(C(F)(F)F)cc2)S(=O)(=O)c2ccc(F)cc2)C3)N1. The number of nitrogens with zero attached hydrogens (tertiary/aromatic N) is 3. The quantitative estimate of drug-likeness (QED) is 0.532. The zero-order valence-electron chi connectivity index (χ0n) is 20.9. The van der Waals surface area contributed by atoms with E-state index in [9.17, 15) is 30.8 Å². The predicted molar refractivity (Wildman–Crippen MR) is 132 cm³/mol. The van der Waals surface area contributed by atoms with E-state index in [1.807, 2.05) is 0 Å². The van der Waals surface area contributed by atoms with Crippen LogP contribution in [0.25, 0.3) is 0 Å². The minimum Gasteiger partial charge on any atom is -0.360 e. The van der Waals surface area contributed by atoms with Crippen LogP contribution < -0.4 is 5.32 Å². The first-order valence-corrected chi connectivity index (χ1v) is 13.7. The van der Waals surface area contributed by atoms with E-state index in [1.54, 1.807) is 14.1 Å². The molecule has 1 heterocycles. The maximum atomic E-state index is 13.8. The molecule has 3 fully saturated rings. The van der Waals surface area contributed by atoms with E-state index < -0.39 is 39.7 Å². The van der Waals surface area contributed by atoms with Gasteiger partial charge in [-0.05, 0) is 67.1 Å². The number of hydrogen-bond acceptors (Lipinski definition) is 5. The smallest absolute Gasteiger partial charge is 0.360 e. The van der Waals surface area contributed by atoms with Gasteiger partial charge in [0, 0.05) is 32.1 Å². The van der Waals surface area contributed by atoms with Crippen LogP contribution in [0.5, 0.6) is 0 Å². The average molecular weight is 553 g/mol. The average Bonchev–Trinajstić information content (AvgIpc) is 3.55. The molecule has 0 radical (unpaired) electrons. The zero-order valence-corrected chi connectivity index (χ0v) is 21.7. The Labute approximate surface area is 218 Å². The number of rotatable bonds is 7. The minimum absolute atomic E-state index is 0.0211. The number of aliphatic imine (C=N–C) groups is 1. The number of carbonyl (C=O) groups excluding carboxylic acids is 1. The lowest BCUT2D eigenvalue weighted by atomic mass is 9.68. The molecule has 0 aromatic heterocycles. The molecule has 3 saturated carbocycles. The Hall–Kier alpha value is -2.99. The van der Waals surface area contributed by atoms with Crippen LogP contribution in [0.2, 0.25) is 0 Å². The van der Waals surface area contributed by atoms with Crippen molar-refractivity contribution in [2.24, 2.45) is 16.3 Å². The van der Waals surface area contributed by atoms with Crippen LogP contribution >= 0.6 is 0 Å². The summed E-state index contributed by atoms with van der Waals surface area (Å²) in [6.07, 6.45) is -2.66. The molecule has 0 unspecified atom stereocenters. The van der Waals surface area contributed by atoms with Gasteiger partial charge in [0.25, 0.3) is 0 Å². The number of fused-ring (bicyclic) bond motifs is 1. The molecule has 2 bridgehead atoms. The highest BCUT2D eigenvalue weighted by atomic mass is 32.2. The molecule has 2 atom stereocenters. The Kier molecular flexibility index (Phi) is 6.54. The first kappa shape index (κ1) is 26.6. The highest BCUT2D eigenvalue weighted by Crippen LogP contribution is 2.61. The van der Waals surface area contributed by atoms with Crippen molar-refractivity contribution in [2.45, 2.75) is 49.0 Å². The van der Waals surface area contributed by atoms with Gasteiger partial charge in [-0.1, -0.05) is 12.1 Å². The van der Waals surface area contributed by atoms with Crippen molar-refractivity contribution in [2.75, 3.05) is 20.6 Å². The maximum absolute atomic E-state index is 13.8. The molecule has 3 aliphatic carbocycles. The molecule has 2 aromatic rings. The molecule has 0 spiro atoms. The second kappa shape index (κ2) is 9.33. The van der Waals surface area contributed by atoms with Crippen LogP contribution in [0, 0.1) is 17.2 Å². The molecule has 1 N–H and O–H groups in total. The number of carbonyl (C=O) groups is 1. The molecule has 38 heavy (non-hydrogen) atoms. The lowest BCUT2D eigenvalue weighted by Gasteiger charge is -2.39. The summed E-state index contributed by atoms with van der Waals surface area (Å²) in [5.41, 5.74) is -0.786. The van der Waals surface area contributed by atoms with Crippen molar-refractivity contribution in [1.82, 2.24) is 14.5 Å². The van der Waals surface area contributed by atoms with E-state index in [0.29, 0.717) is 37.2 Å². The van der Waals surface area contributed by atoms with Crippen LogP contribution in [0.15, 0.2) is 58.4 Å². The molecule has 204 valence electrons. The number of nitrogens with one attached hydrogen (secondary N) is 1. The summed E-state index contributed by atoms with van der Waals surface area (Å²) in [4.78, 5) is 18.4. The van der Waals surface area contributed by atoms with Gasteiger partial charge in [-0.2, -0.15) is 17.5 Å². The van der Waals surface area contributed by atoms with Crippen molar-refractivity contribution < 1.29 is 30.8 Å². The van der Waals surface area contributed by atoms with Gasteiger partial charge in [-0.25, -0.2) is 12.8 Å². The van der Waals surface area contributed by atoms with Gasteiger partial charge in [0.1, 0.15) is 17.7 Å². The lowest BCUT2D eigenvalue weighted by Crippen LogP contribution is -2.49. The third kappa shape index (κ3) is 4.68. The van der Waals surface area contributed by atoms with Crippen molar-refractivity contribution in [3.05, 3.63) is 65.5 Å². The molecule has 1 amide bonds. The van der Waals surface area contributed by atoms with Crippen LogP contribution in [-0.2, 0) is 27.5 Å². The molecular weight excluding hydrogens is 524 g/mol. The number of alkyl halides is 3. The van der Waals surface area contributed by atoms with Crippen molar-refractivity contribution >= 4 is 21.8 Å². The summed E-state index contributed by atoms with van der Waals surface area (Å²) in [5, 5.41) is 3.24. The molecule has 4 aliphatic rings. The lowest BCUT2D eigenvalue weighted by molar-refractivity contribution is -0.137. The maximum Gasteiger partial charge on any atom is 0.416 e. The summed E-state index contributed by atoms with van der Waals surface area (Å²) in [5.74, 6) is 0.0683. The minimum atomic E-state index is -4.50. The monoisotopic (exact) mass is 552 g/mol. The Balaban J connectivity index is 1.42. The number of amidine groups is 1. The Morgan fingerprint density at radius 1 is 1.05 bits per heavy atom. The van der Waals surface area contributed by atoms with Crippen LogP contribution in [0.1, 0.15) is 30.4 Å². The third-order valence-corrected chi connectivity index (χ3v) is 9.73. The first-order chi connectivity index (χ1) is 17.8. The molecule has 2 aromatic carbocycles. The number of halogens is 4. The van der Waals surface area contributed by atoms with E-state index in [0.717, 1.165) is 24.3 Å². The van der Waals surface area contributed by atoms with Gasteiger partial charge in [-0.3, -0.25) is 9.79 Å². The van der Waals surface area contributed by atoms with Gasteiger partial charge in [0.15, 0.2) is 0 Å². The number of amides is 1. The Morgan fingerprint density at radius 3 is 2.26 bits per heavy atom. The fourth-order valence-electron chi connectivity index (χ4n) is 5.89. The van der Waals surface area contributed by atoms with Crippen LogP contribution in [-0.4, -0.2) is 62.1 Å². The fraction of sp³-hybridized carbons (Fsp3) is 0.462. The van der Waals surface area contributed by atoms with E-state index in [2.05, 4.69) is 10.3 Å². The summed E-state index contributed by atoms with van der Waals surface area (Å²) in [6.45, 7) is 0.184. The van der Waals surface area contributed by atoms with E-state index in [1.165, 1.54) is 33.5 Å². The zero-order chi connectivity index (χ0) is 27.5. The molecule has 12 heteroatoms. The van der Waals surface area contributed by atoms with Gasteiger partial charge in [-0.15, -0.1) is 0 Å². The molecule has 1 aliphatic heterocycles. The summed E-state index contributed by atoms with van der Waals surface area (Å²) in [7, 11) is -0.764. The molecule has 6 rings (SSSR count).